The van der Waals surface area contributed by atoms with Gasteiger partial charge in [0.2, 0.25) is 5.91 Å². The summed E-state index contributed by atoms with van der Waals surface area (Å²) in [6.45, 7) is 5.73. The van der Waals surface area contributed by atoms with Crippen LogP contribution in [0.25, 0.3) is 11.1 Å². The van der Waals surface area contributed by atoms with Crippen LogP contribution >= 0.6 is 11.6 Å². The first-order valence-corrected chi connectivity index (χ1v) is 9.83. The molecule has 1 aliphatic rings. The number of hydrogen-bond acceptors (Lipinski definition) is 6. The Kier molecular flexibility index (Phi) is 4.97. The molecule has 1 amide bonds. The Bertz CT molecular complexity index is 1000. The summed E-state index contributed by atoms with van der Waals surface area (Å²) < 4.78 is 7.80. The van der Waals surface area contributed by atoms with E-state index in [-0.39, 0.29) is 18.4 Å². The van der Waals surface area contributed by atoms with Crippen LogP contribution in [-0.2, 0) is 11.2 Å². The Morgan fingerprint density at radius 3 is 2.75 bits per heavy atom. The van der Waals surface area contributed by atoms with Crippen LogP contribution in [-0.4, -0.2) is 38.7 Å². The van der Waals surface area contributed by atoms with Crippen LogP contribution in [0.2, 0.25) is 5.02 Å². The van der Waals surface area contributed by atoms with Gasteiger partial charge in [-0.15, -0.1) is 0 Å². The molecule has 3 heterocycles. The molecule has 148 valence electrons. The van der Waals surface area contributed by atoms with E-state index in [1.807, 2.05) is 16.8 Å². The minimum Gasteiger partial charge on any atom is -0.423 e. The fraction of sp³-hybridized carbons (Fsp3) is 0.474. The third-order valence-electron chi connectivity index (χ3n) is 4.99. The second-order valence-corrected chi connectivity index (χ2v) is 7.87. The Morgan fingerprint density at radius 2 is 2.07 bits per heavy atom. The van der Waals surface area contributed by atoms with Gasteiger partial charge in [-0.25, -0.2) is 9.67 Å². The summed E-state index contributed by atoms with van der Waals surface area (Å²) in [5.74, 6) is 1.27. The predicted molar refractivity (Wildman–Crippen MR) is 107 cm³/mol. The van der Waals surface area contributed by atoms with E-state index in [0.29, 0.717) is 22.4 Å². The van der Waals surface area contributed by atoms with Crippen molar-refractivity contribution in [1.29, 1.82) is 0 Å². The monoisotopic (exact) mass is 402 g/mol. The number of fused-ring (bicyclic) bond motifs is 1. The first-order chi connectivity index (χ1) is 13.4. The number of amides is 1. The van der Waals surface area contributed by atoms with Crippen LogP contribution in [0.3, 0.4) is 0 Å². The molecule has 9 heteroatoms. The van der Waals surface area contributed by atoms with E-state index in [0.717, 1.165) is 37.3 Å². The van der Waals surface area contributed by atoms with Gasteiger partial charge in [-0.05, 0) is 38.8 Å². The Morgan fingerprint density at radius 1 is 1.32 bits per heavy atom. The highest BCUT2D eigenvalue weighted by molar-refractivity contribution is 6.31. The van der Waals surface area contributed by atoms with Crippen molar-refractivity contribution in [2.24, 2.45) is 5.73 Å². The van der Waals surface area contributed by atoms with Crippen molar-refractivity contribution in [3.8, 4) is 0 Å². The summed E-state index contributed by atoms with van der Waals surface area (Å²) >= 11 is 6.03. The number of nitrogens with zero attached hydrogens (tertiary/aromatic N) is 5. The summed E-state index contributed by atoms with van der Waals surface area (Å²) in [5.41, 5.74) is 6.80. The molecular weight excluding hydrogens is 380 g/mol. The van der Waals surface area contributed by atoms with Gasteiger partial charge in [0.15, 0.2) is 11.4 Å². The summed E-state index contributed by atoms with van der Waals surface area (Å²) in [5, 5.41) is 5.12. The second-order valence-electron chi connectivity index (χ2n) is 7.44. The fourth-order valence-corrected chi connectivity index (χ4v) is 3.78. The SMILES string of the molecule is CC(C)n1nc(CC(N)=O)nc1C1CCN(c2nc3ccc(Cl)cc3o2)CC1. The number of carbonyl (C=O) groups is 1. The lowest BCUT2D eigenvalue weighted by atomic mass is 9.96. The van der Waals surface area contributed by atoms with Crippen molar-refractivity contribution in [1.82, 2.24) is 19.7 Å². The van der Waals surface area contributed by atoms with Gasteiger partial charge >= 0.3 is 0 Å². The van der Waals surface area contributed by atoms with Gasteiger partial charge in [-0.3, -0.25) is 4.79 Å². The molecule has 0 saturated carbocycles. The molecule has 1 fully saturated rings. The van der Waals surface area contributed by atoms with E-state index in [1.54, 1.807) is 6.07 Å². The number of aromatic nitrogens is 4. The van der Waals surface area contributed by atoms with Gasteiger partial charge in [-0.2, -0.15) is 10.1 Å². The highest BCUT2D eigenvalue weighted by Crippen LogP contribution is 2.32. The molecule has 1 aliphatic heterocycles. The number of benzene rings is 1. The summed E-state index contributed by atoms with van der Waals surface area (Å²) in [6.07, 6.45) is 1.87. The summed E-state index contributed by atoms with van der Waals surface area (Å²) in [4.78, 5) is 22.6. The number of piperidine rings is 1. The van der Waals surface area contributed by atoms with Crippen LogP contribution in [0.15, 0.2) is 22.6 Å². The molecule has 0 aliphatic carbocycles. The Labute approximate surface area is 167 Å². The first kappa shape index (κ1) is 18.7. The highest BCUT2D eigenvalue weighted by Gasteiger charge is 2.28. The lowest BCUT2D eigenvalue weighted by Gasteiger charge is -2.30. The number of anilines is 1. The van der Waals surface area contributed by atoms with Crippen molar-refractivity contribution in [2.45, 2.75) is 45.1 Å². The number of primary amides is 1. The minimum atomic E-state index is -0.418. The van der Waals surface area contributed by atoms with Crippen LogP contribution in [0, 0.1) is 0 Å². The average molecular weight is 403 g/mol. The molecule has 0 atom stereocenters. The zero-order valence-corrected chi connectivity index (χ0v) is 16.7. The topological polar surface area (TPSA) is 103 Å². The molecule has 0 spiro atoms. The normalized spacial score (nSPS) is 15.6. The van der Waals surface area contributed by atoms with E-state index in [9.17, 15) is 4.79 Å². The standard InChI is InChI=1S/C19H23ClN6O2/c1-11(2)26-18(23-17(24-26)10-16(21)27)12-5-7-25(8-6-12)19-22-14-4-3-13(20)9-15(14)28-19/h3-4,9,11-12H,5-8,10H2,1-2H3,(H2,21,27). The maximum Gasteiger partial charge on any atom is 0.298 e. The van der Waals surface area contributed by atoms with E-state index in [4.69, 9.17) is 21.8 Å². The first-order valence-electron chi connectivity index (χ1n) is 9.45. The smallest absolute Gasteiger partial charge is 0.298 e. The quantitative estimate of drug-likeness (QED) is 0.703. The number of carbonyl (C=O) groups excluding carboxylic acids is 1. The van der Waals surface area contributed by atoms with Crippen LogP contribution in [0.1, 0.15) is 50.3 Å². The minimum absolute atomic E-state index is 0.0665. The molecule has 3 aromatic rings. The molecule has 28 heavy (non-hydrogen) atoms. The van der Waals surface area contributed by atoms with E-state index in [2.05, 4.69) is 33.8 Å². The summed E-state index contributed by atoms with van der Waals surface area (Å²) in [6, 6.07) is 6.25. The predicted octanol–water partition coefficient (Wildman–Crippen LogP) is 3.07. The lowest BCUT2D eigenvalue weighted by molar-refractivity contribution is -0.117. The van der Waals surface area contributed by atoms with E-state index >= 15 is 0 Å². The highest BCUT2D eigenvalue weighted by atomic mass is 35.5. The van der Waals surface area contributed by atoms with Gasteiger partial charge in [0, 0.05) is 36.1 Å². The molecule has 1 saturated heterocycles. The van der Waals surface area contributed by atoms with Crippen molar-refractivity contribution in [3.05, 3.63) is 34.9 Å². The maximum absolute atomic E-state index is 11.2. The molecule has 2 N–H and O–H groups in total. The van der Waals surface area contributed by atoms with Gasteiger partial charge in [0.05, 0.1) is 6.42 Å². The van der Waals surface area contributed by atoms with Crippen LogP contribution in [0.5, 0.6) is 0 Å². The van der Waals surface area contributed by atoms with Crippen molar-refractivity contribution in [3.63, 3.8) is 0 Å². The van der Waals surface area contributed by atoms with E-state index < -0.39 is 5.91 Å². The lowest BCUT2D eigenvalue weighted by Crippen LogP contribution is -2.34. The number of rotatable bonds is 5. The third kappa shape index (κ3) is 3.69. The van der Waals surface area contributed by atoms with Gasteiger partial charge in [-0.1, -0.05) is 11.6 Å². The second kappa shape index (κ2) is 7.43. The Balaban J connectivity index is 1.50. The number of nitrogens with two attached hydrogens (primary N) is 1. The van der Waals surface area contributed by atoms with Gasteiger partial charge in [0.25, 0.3) is 6.01 Å². The number of halogens is 1. The average Bonchev–Trinajstić information content (AvgIpc) is 3.25. The molecular formula is C19H23ClN6O2. The Hall–Kier alpha value is -2.61. The fourth-order valence-electron chi connectivity index (χ4n) is 3.62. The summed E-state index contributed by atoms with van der Waals surface area (Å²) in [7, 11) is 0. The molecule has 8 nitrogen and oxygen atoms in total. The molecule has 0 radical (unpaired) electrons. The van der Waals surface area contributed by atoms with Gasteiger partial charge < -0.3 is 15.1 Å². The number of hydrogen-bond donors (Lipinski definition) is 1. The zero-order valence-electron chi connectivity index (χ0n) is 15.9. The molecule has 0 unspecified atom stereocenters. The largest absolute Gasteiger partial charge is 0.423 e. The molecule has 1 aromatic carbocycles. The van der Waals surface area contributed by atoms with Crippen LogP contribution in [0.4, 0.5) is 6.01 Å². The molecule has 4 rings (SSSR count). The van der Waals surface area contributed by atoms with Crippen molar-refractivity contribution >= 4 is 34.6 Å². The number of oxazole rings is 1. The van der Waals surface area contributed by atoms with E-state index in [1.165, 1.54) is 0 Å². The van der Waals surface area contributed by atoms with Crippen molar-refractivity contribution < 1.29 is 9.21 Å². The van der Waals surface area contributed by atoms with Crippen LogP contribution < -0.4 is 10.6 Å². The maximum atomic E-state index is 11.2. The van der Waals surface area contributed by atoms with Gasteiger partial charge in [0.1, 0.15) is 11.3 Å². The van der Waals surface area contributed by atoms with Crippen molar-refractivity contribution in [2.75, 3.05) is 18.0 Å². The zero-order chi connectivity index (χ0) is 19.8. The molecule has 2 aromatic heterocycles. The molecule has 0 bridgehead atoms. The third-order valence-corrected chi connectivity index (χ3v) is 5.23.